The molecular formula is C24H28N2O4. The molecule has 2 heterocycles. The zero-order valence-corrected chi connectivity index (χ0v) is 17.7. The summed E-state index contributed by atoms with van der Waals surface area (Å²) in [6, 6.07) is 7.95. The van der Waals surface area contributed by atoms with Crippen LogP contribution < -0.4 is 5.32 Å². The molecule has 0 amide bonds. The molecule has 4 rings (SSSR count). The zero-order chi connectivity index (χ0) is 21.7. The Balaban J connectivity index is 1.95. The first kappa shape index (κ1) is 20.3. The number of carbonyl (C=O) groups is 1. The van der Waals surface area contributed by atoms with Gasteiger partial charge in [-0.15, -0.1) is 0 Å². The summed E-state index contributed by atoms with van der Waals surface area (Å²) in [7, 11) is 0. The average Bonchev–Trinajstić information content (AvgIpc) is 3.04. The van der Waals surface area contributed by atoms with Crippen molar-refractivity contribution < 1.29 is 20.1 Å². The molecule has 5 N–H and O–H groups in total. The summed E-state index contributed by atoms with van der Waals surface area (Å²) in [6.07, 6.45) is 0.330. The molecule has 158 valence electrons. The van der Waals surface area contributed by atoms with Gasteiger partial charge in [0.15, 0.2) is 0 Å². The van der Waals surface area contributed by atoms with E-state index in [-0.39, 0.29) is 23.6 Å². The number of carboxylic acid groups (broad SMARTS) is 1. The molecule has 1 aliphatic rings. The normalized spacial score (nSPS) is 18.9. The maximum atomic E-state index is 11.9. The van der Waals surface area contributed by atoms with Gasteiger partial charge >= 0.3 is 5.97 Å². The summed E-state index contributed by atoms with van der Waals surface area (Å²) in [4.78, 5) is 15.3. The maximum absolute atomic E-state index is 11.9. The van der Waals surface area contributed by atoms with E-state index in [1.807, 2.05) is 45.9 Å². The van der Waals surface area contributed by atoms with Crippen molar-refractivity contribution in [2.75, 3.05) is 0 Å². The van der Waals surface area contributed by atoms with Crippen LogP contribution in [0.5, 0.6) is 11.5 Å². The van der Waals surface area contributed by atoms with Crippen LogP contribution in [0.1, 0.15) is 73.5 Å². The molecule has 6 heteroatoms. The Morgan fingerprint density at radius 2 is 1.67 bits per heavy atom. The predicted octanol–water partition coefficient (Wildman–Crippen LogP) is 4.51. The van der Waals surface area contributed by atoms with Crippen molar-refractivity contribution in [2.45, 2.75) is 58.0 Å². The molecular weight excluding hydrogens is 380 g/mol. The third kappa shape index (κ3) is 3.31. The number of aliphatic carboxylic acids is 1. The fourth-order valence-corrected chi connectivity index (χ4v) is 4.44. The monoisotopic (exact) mass is 408 g/mol. The number of aromatic amines is 1. The third-order valence-electron chi connectivity index (χ3n) is 6.05. The molecule has 30 heavy (non-hydrogen) atoms. The number of fused-ring (bicyclic) bond motifs is 3. The van der Waals surface area contributed by atoms with Crippen LogP contribution in [-0.2, 0) is 11.2 Å². The van der Waals surface area contributed by atoms with E-state index >= 15 is 0 Å². The summed E-state index contributed by atoms with van der Waals surface area (Å²) in [5.74, 6) is -0.191. The van der Waals surface area contributed by atoms with Crippen molar-refractivity contribution in [2.24, 2.45) is 0 Å². The van der Waals surface area contributed by atoms with Crippen LogP contribution in [0, 0.1) is 0 Å². The van der Waals surface area contributed by atoms with Crippen molar-refractivity contribution in [3.63, 3.8) is 0 Å². The van der Waals surface area contributed by atoms with Crippen molar-refractivity contribution >= 4 is 16.9 Å². The second-order valence-corrected chi connectivity index (χ2v) is 8.80. The number of benzene rings is 2. The molecule has 2 atom stereocenters. The topological polar surface area (TPSA) is 106 Å². The van der Waals surface area contributed by atoms with Gasteiger partial charge < -0.3 is 20.3 Å². The van der Waals surface area contributed by atoms with Crippen LogP contribution in [0.4, 0.5) is 0 Å². The molecule has 0 bridgehead atoms. The summed E-state index contributed by atoms with van der Waals surface area (Å²) in [6.45, 7) is 8.14. The van der Waals surface area contributed by atoms with Crippen LogP contribution in [0.25, 0.3) is 10.9 Å². The number of phenolic OH excluding ortho intramolecular Hbond substituents is 2. The lowest BCUT2D eigenvalue weighted by Gasteiger charge is -2.31. The van der Waals surface area contributed by atoms with E-state index < -0.39 is 12.0 Å². The van der Waals surface area contributed by atoms with Gasteiger partial charge in [0, 0.05) is 23.0 Å². The highest BCUT2D eigenvalue weighted by atomic mass is 16.4. The lowest BCUT2D eigenvalue weighted by Crippen LogP contribution is -2.45. The number of hydrogen-bond acceptors (Lipinski definition) is 4. The zero-order valence-electron chi connectivity index (χ0n) is 17.7. The van der Waals surface area contributed by atoms with Crippen molar-refractivity contribution in [1.29, 1.82) is 0 Å². The number of phenols is 2. The Labute approximate surface area is 175 Å². The first-order valence-corrected chi connectivity index (χ1v) is 10.4. The van der Waals surface area contributed by atoms with Crippen LogP contribution in [0.3, 0.4) is 0 Å². The van der Waals surface area contributed by atoms with Gasteiger partial charge in [0.25, 0.3) is 0 Å². The van der Waals surface area contributed by atoms with Gasteiger partial charge in [-0.1, -0.05) is 27.7 Å². The fraction of sp³-hybridized carbons (Fsp3) is 0.375. The highest BCUT2D eigenvalue weighted by molar-refractivity contribution is 5.88. The molecule has 0 aliphatic carbocycles. The Morgan fingerprint density at radius 3 is 2.23 bits per heavy atom. The molecule has 1 aromatic heterocycles. The molecule has 3 aromatic rings. The van der Waals surface area contributed by atoms with Crippen LogP contribution in [0.2, 0.25) is 0 Å². The number of aromatic hydroxyl groups is 2. The lowest BCUT2D eigenvalue weighted by atomic mass is 9.85. The standard InChI is InChI=1S/C24H28N2O4/c1-11(2)15-7-13(8-16(12(3)4)23(15)28)21-22-18(10-20(26-21)24(29)30)17-9-14(27)5-6-19(17)25-22/h5-9,11-12,20-21,25-28H,10H2,1-4H3,(H,29,30)/t20-,21+/m0/s1. The summed E-state index contributed by atoms with van der Waals surface area (Å²) in [5, 5.41) is 34.6. The average molecular weight is 408 g/mol. The fourth-order valence-electron chi connectivity index (χ4n) is 4.44. The number of rotatable bonds is 4. The second-order valence-electron chi connectivity index (χ2n) is 8.80. The van der Waals surface area contributed by atoms with Crippen LogP contribution >= 0.6 is 0 Å². The number of hydrogen-bond donors (Lipinski definition) is 5. The number of aromatic nitrogens is 1. The minimum absolute atomic E-state index is 0.125. The second kappa shape index (κ2) is 7.36. The summed E-state index contributed by atoms with van der Waals surface area (Å²) >= 11 is 0. The number of nitrogens with one attached hydrogen (secondary N) is 2. The molecule has 0 unspecified atom stereocenters. The van der Waals surface area contributed by atoms with Crippen molar-refractivity contribution in [1.82, 2.24) is 10.3 Å². The van der Waals surface area contributed by atoms with E-state index in [4.69, 9.17) is 0 Å². The first-order chi connectivity index (χ1) is 14.2. The molecule has 0 saturated carbocycles. The predicted molar refractivity (Wildman–Crippen MR) is 116 cm³/mol. The third-order valence-corrected chi connectivity index (χ3v) is 6.05. The van der Waals surface area contributed by atoms with E-state index in [1.165, 1.54) is 0 Å². The Hall–Kier alpha value is -2.99. The number of carboxylic acids is 1. The molecule has 0 fully saturated rings. The van der Waals surface area contributed by atoms with Gasteiger partial charge in [0.05, 0.1) is 6.04 Å². The maximum Gasteiger partial charge on any atom is 0.321 e. The molecule has 0 saturated heterocycles. The van der Waals surface area contributed by atoms with Crippen LogP contribution in [-0.4, -0.2) is 32.3 Å². The van der Waals surface area contributed by atoms with E-state index in [1.54, 1.807) is 12.1 Å². The minimum atomic E-state index is -0.910. The van der Waals surface area contributed by atoms with Crippen molar-refractivity contribution in [3.8, 4) is 11.5 Å². The van der Waals surface area contributed by atoms with Gasteiger partial charge in [0.1, 0.15) is 17.5 Å². The smallest absolute Gasteiger partial charge is 0.321 e. The van der Waals surface area contributed by atoms with Gasteiger partial charge in [-0.2, -0.15) is 0 Å². The van der Waals surface area contributed by atoms with Gasteiger partial charge in [-0.3, -0.25) is 10.1 Å². The quantitative estimate of drug-likeness (QED) is 0.437. The number of H-pyrrole nitrogens is 1. The molecule has 6 nitrogen and oxygen atoms in total. The highest BCUT2D eigenvalue weighted by Crippen LogP contribution is 2.41. The SMILES string of the molecule is CC(C)c1cc([C@H]2N[C@H](C(=O)O)Cc3c2[nH]c2ccc(O)cc32)cc(C(C)C)c1O. The molecule has 0 spiro atoms. The van der Waals surface area contributed by atoms with Gasteiger partial charge in [-0.05, 0) is 64.4 Å². The summed E-state index contributed by atoms with van der Waals surface area (Å²) < 4.78 is 0. The molecule has 1 aliphatic heterocycles. The Bertz CT molecular complexity index is 1100. The van der Waals surface area contributed by atoms with E-state index in [2.05, 4.69) is 10.3 Å². The van der Waals surface area contributed by atoms with E-state index in [9.17, 15) is 20.1 Å². The van der Waals surface area contributed by atoms with Gasteiger partial charge in [-0.25, -0.2) is 0 Å². The van der Waals surface area contributed by atoms with E-state index in [0.29, 0.717) is 12.2 Å². The summed E-state index contributed by atoms with van der Waals surface area (Å²) in [5.41, 5.74) is 5.30. The first-order valence-electron chi connectivity index (χ1n) is 10.4. The Kier molecular flexibility index (Phi) is 4.98. The highest BCUT2D eigenvalue weighted by Gasteiger charge is 2.34. The Morgan fingerprint density at radius 1 is 1.03 bits per heavy atom. The van der Waals surface area contributed by atoms with Crippen molar-refractivity contribution in [3.05, 3.63) is 58.3 Å². The van der Waals surface area contributed by atoms with Crippen LogP contribution in [0.15, 0.2) is 30.3 Å². The minimum Gasteiger partial charge on any atom is -0.508 e. The van der Waals surface area contributed by atoms with Gasteiger partial charge in [0.2, 0.25) is 0 Å². The van der Waals surface area contributed by atoms with E-state index in [0.717, 1.165) is 38.9 Å². The largest absolute Gasteiger partial charge is 0.508 e. The molecule has 0 radical (unpaired) electrons. The molecule has 2 aromatic carbocycles. The lowest BCUT2D eigenvalue weighted by molar-refractivity contribution is -0.139.